The summed E-state index contributed by atoms with van der Waals surface area (Å²) in [7, 11) is 0. The molecule has 2 aromatic rings. The van der Waals surface area contributed by atoms with Crippen LogP contribution in [0, 0.1) is 0 Å². The van der Waals surface area contributed by atoms with Gasteiger partial charge in [-0.25, -0.2) is 4.98 Å². The molecule has 2 heterocycles. The van der Waals surface area contributed by atoms with Gasteiger partial charge in [0.2, 0.25) is 5.78 Å². The van der Waals surface area contributed by atoms with Crippen LogP contribution in [0.2, 0.25) is 0 Å². The zero-order chi connectivity index (χ0) is 8.39. The predicted molar refractivity (Wildman–Crippen MR) is 40.7 cm³/mol. The van der Waals surface area contributed by atoms with Gasteiger partial charge in [-0.1, -0.05) is 0 Å². The van der Waals surface area contributed by atoms with Gasteiger partial charge in [0.25, 0.3) is 0 Å². The highest BCUT2D eigenvalue weighted by Gasteiger charge is 2.11. The van der Waals surface area contributed by atoms with E-state index in [0.29, 0.717) is 11.4 Å². The number of furan rings is 1. The van der Waals surface area contributed by atoms with Crippen molar-refractivity contribution >= 4 is 5.78 Å². The predicted octanol–water partition coefficient (Wildman–Crippen LogP) is 1.23. The monoisotopic (exact) mass is 162 g/mol. The summed E-state index contributed by atoms with van der Waals surface area (Å²) in [4.78, 5) is 18.0. The molecule has 12 heavy (non-hydrogen) atoms. The highest BCUT2D eigenvalue weighted by molar-refractivity contribution is 6.06. The van der Waals surface area contributed by atoms with Crippen molar-refractivity contribution in [2.75, 3.05) is 0 Å². The summed E-state index contributed by atoms with van der Waals surface area (Å²) >= 11 is 0. The van der Waals surface area contributed by atoms with Crippen LogP contribution in [-0.4, -0.2) is 15.8 Å². The van der Waals surface area contributed by atoms with Gasteiger partial charge >= 0.3 is 0 Å². The lowest BCUT2D eigenvalue weighted by Crippen LogP contribution is -2.01. The number of aromatic nitrogens is 2. The number of hydrogen-bond acceptors (Lipinski definition) is 3. The molecule has 4 nitrogen and oxygen atoms in total. The molecule has 0 fully saturated rings. The smallest absolute Gasteiger partial charge is 0.231 e. The second-order valence-corrected chi connectivity index (χ2v) is 2.28. The molecule has 60 valence electrons. The summed E-state index contributed by atoms with van der Waals surface area (Å²) in [6, 6.07) is 1.60. The molecule has 0 bridgehead atoms. The molecular weight excluding hydrogens is 156 g/mol. The number of H-pyrrole nitrogens is 1. The minimum Gasteiger partial charge on any atom is -0.472 e. The SMILES string of the molecule is O=C(c1ccoc1)c1ncc[nH]1. The molecule has 0 aliphatic rings. The van der Waals surface area contributed by atoms with Crippen molar-refractivity contribution in [2.24, 2.45) is 0 Å². The summed E-state index contributed by atoms with van der Waals surface area (Å²) < 4.78 is 4.77. The largest absolute Gasteiger partial charge is 0.472 e. The van der Waals surface area contributed by atoms with Crippen LogP contribution in [0.1, 0.15) is 16.2 Å². The minimum atomic E-state index is -0.159. The van der Waals surface area contributed by atoms with Crippen molar-refractivity contribution in [1.29, 1.82) is 0 Å². The summed E-state index contributed by atoms with van der Waals surface area (Å²) in [5.41, 5.74) is 0.505. The van der Waals surface area contributed by atoms with Gasteiger partial charge in [0, 0.05) is 12.4 Å². The average Bonchev–Trinajstić information content (AvgIpc) is 2.77. The number of nitrogens with zero attached hydrogens (tertiary/aromatic N) is 1. The van der Waals surface area contributed by atoms with Crippen molar-refractivity contribution in [3.63, 3.8) is 0 Å². The minimum absolute atomic E-state index is 0.159. The quantitative estimate of drug-likeness (QED) is 0.675. The first kappa shape index (κ1) is 6.84. The molecule has 2 rings (SSSR count). The molecule has 1 N–H and O–H groups in total. The van der Waals surface area contributed by atoms with Gasteiger partial charge in [0.05, 0.1) is 11.8 Å². The Hall–Kier alpha value is -1.84. The molecule has 0 radical (unpaired) electrons. The fraction of sp³-hybridized carbons (Fsp3) is 0. The summed E-state index contributed by atoms with van der Waals surface area (Å²) in [5.74, 6) is 0.171. The summed E-state index contributed by atoms with van der Waals surface area (Å²) in [6.45, 7) is 0. The second-order valence-electron chi connectivity index (χ2n) is 2.28. The first-order chi connectivity index (χ1) is 5.88. The summed E-state index contributed by atoms with van der Waals surface area (Å²) in [6.07, 6.45) is 5.99. The molecule has 0 saturated heterocycles. The van der Waals surface area contributed by atoms with Crippen molar-refractivity contribution in [1.82, 2.24) is 9.97 Å². The van der Waals surface area contributed by atoms with E-state index in [1.54, 1.807) is 12.3 Å². The maximum absolute atomic E-state index is 11.4. The molecule has 0 aliphatic heterocycles. The Bertz CT molecular complexity index is 325. The van der Waals surface area contributed by atoms with Crippen LogP contribution in [0.15, 0.2) is 35.4 Å². The lowest BCUT2D eigenvalue weighted by molar-refractivity contribution is 0.102. The fourth-order valence-electron chi connectivity index (χ4n) is 0.920. The number of imidazole rings is 1. The van der Waals surface area contributed by atoms with Crippen LogP contribution in [0.3, 0.4) is 0 Å². The Morgan fingerprint density at radius 2 is 2.50 bits per heavy atom. The number of carbonyl (C=O) groups excluding carboxylic acids is 1. The first-order valence-corrected chi connectivity index (χ1v) is 3.44. The van der Waals surface area contributed by atoms with E-state index in [0.717, 1.165) is 0 Å². The second kappa shape index (κ2) is 2.65. The number of nitrogens with one attached hydrogen (secondary N) is 1. The van der Waals surface area contributed by atoms with Crippen LogP contribution in [-0.2, 0) is 0 Å². The average molecular weight is 162 g/mol. The van der Waals surface area contributed by atoms with E-state index in [9.17, 15) is 4.79 Å². The van der Waals surface area contributed by atoms with Crippen molar-refractivity contribution in [3.05, 3.63) is 42.4 Å². The van der Waals surface area contributed by atoms with E-state index in [2.05, 4.69) is 9.97 Å². The third-order valence-electron chi connectivity index (χ3n) is 1.50. The topological polar surface area (TPSA) is 58.9 Å². The third kappa shape index (κ3) is 1.03. The van der Waals surface area contributed by atoms with Crippen LogP contribution in [0.25, 0.3) is 0 Å². The van der Waals surface area contributed by atoms with E-state index < -0.39 is 0 Å². The van der Waals surface area contributed by atoms with Crippen molar-refractivity contribution < 1.29 is 9.21 Å². The van der Waals surface area contributed by atoms with E-state index in [1.807, 2.05) is 0 Å². The molecule has 0 unspecified atom stereocenters. The number of hydrogen-bond donors (Lipinski definition) is 1. The number of ketones is 1. The molecular formula is C8H6N2O2. The van der Waals surface area contributed by atoms with E-state index in [4.69, 9.17) is 4.42 Å². The summed E-state index contributed by atoms with van der Waals surface area (Å²) in [5, 5.41) is 0. The van der Waals surface area contributed by atoms with Gasteiger partial charge < -0.3 is 9.40 Å². The van der Waals surface area contributed by atoms with Crippen molar-refractivity contribution in [2.45, 2.75) is 0 Å². The van der Waals surface area contributed by atoms with Crippen LogP contribution in [0.5, 0.6) is 0 Å². The van der Waals surface area contributed by atoms with Crippen LogP contribution < -0.4 is 0 Å². The van der Waals surface area contributed by atoms with Gasteiger partial charge in [-0.3, -0.25) is 4.79 Å². The molecule has 0 saturated carbocycles. The zero-order valence-corrected chi connectivity index (χ0v) is 6.15. The molecule has 0 atom stereocenters. The van der Waals surface area contributed by atoms with Gasteiger partial charge in [0.15, 0.2) is 5.82 Å². The normalized spacial score (nSPS) is 10.0. The molecule has 0 aromatic carbocycles. The molecule has 4 heteroatoms. The lowest BCUT2D eigenvalue weighted by atomic mass is 10.2. The lowest BCUT2D eigenvalue weighted by Gasteiger charge is -1.88. The van der Waals surface area contributed by atoms with E-state index >= 15 is 0 Å². The maximum Gasteiger partial charge on any atom is 0.231 e. The van der Waals surface area contributed by atoms with E-state index in [1.165, 1.54) is 18.7 Å². The van der Waals surface area contributed by atoms with E-state index in [-0.39, 0.29) is 5.78 Å². The van der Waals surface area contributed by atoms with Gasteiger partial charge in [-0.15, -0.1) is 0 Å². The molecule has 0 spiro atoms. The van der Waals surface area contributed by atoms with Crippen LogP contribution in [0.4, 0.5) is 0 Å². The Balaban J connectivity index is 2.34. The maximum atomic E-state index is 11.4. The van der Waals surface area contributed by atoms with Gasteiger partial charge in [-0.2, -0.15) is 0 Å². The Kier molecular flexibility index (Phi) is 1.51. The highest BCUT2D eigenvalue weighted by Crippen LogP contribution is 2.05. The van der Waals surface area contributed by atoms with Gasteiger partial charge in [0.1, 0.15) is 6.26 Å². The van der Waals surface area contributed by atoms with Crippen molar-refractivity contribution in [3.8, 4) is 0 Å². The highest BCUT2D eigenvalue weighted by atomic mass is 16.3. The van der Waals surface area contributed by atoms with Gasteiger partial charge in [-0.05, 0) is 6.07 Å². The Morgan fingerprint density at radius 1 is 1.58 bits per heavy atom. The standard InChI is InChI=1S/C8H6N2O2/c11-7(6-1-4-12-5-6)8-9-2-3-10-8/h1-5H,(H,9,10). The number of carbonyl (C=O) groups is 1. The third-order valence-corrected chi connectivity index (χ3v) is 1.50. The number of aromatic amines is 1. The zero-order valence-electron chi connectivity index (χ0n) is 6.15. The molecule has 0 aliphatic carbocycles. The fourth-order valence-corrected chi connectivity index (χ4v) is 0.920. The molecule has 0 amide bonds. The molecule has 2 aromatic heterocycles. The first-order valence-electron chi connectivity index (χ1n) is 3.44. The Morgan fingerprint density at radius 3 is 3.08 bits per heavy atom. The Labute approximate surface area is 68.2 Å². The van der Waals surface area contributed by atoms with Crippen LogP contribution >= 0.6 is 0 Å². The number of rotatable bonds is 2.